The van der Waals surface area contributed by atoms with Gasteiger partial charge in [0.25, 0.3) is 10.0 Å². The molecule has 1 aliphatic rings. The molecule has 1 atom stereocenters. The Morgan fingerprint density at radius 2 is 1.84 bits per heavy atom. The first-order valence-corrected chi connectivity index (χ1v) is 12.6. The topological polar surface area (TPSA) is 63.7 Å². The number of carbonyl (C=O) groups is 1. The van der Waals surface area contributed by atoms with Crippen LogP contribution in [0.5, 0.6) is 5.75 Å². The van der Waals surface area contributed by atoms with Gasteiger partial charge in [-0.1, -0.05) is 54.1 Å². The number of hydrogen-bond acceptors (Lipinski definition) is 5. The summed E-state index contributed by atoms with van der Waals surface area (Å²) in [7, 11) is -3.67. The van der Waals surface area contributed by atoms with Gasteiger partial charge in [-0.2, -0.15) is 4.31 Å². The first kappa shape index (κ1) is 22.0. The molecule has 0 spiro atoms. The van der Waals surface area contributed by atoms with Crippen molar-refractivity contribution in [3.8, 4) is 5.75 Å². The largest absolute Gasteiger partial charge is 0.489 e. The van der Waals surface area contributed by atoms with Crippen LogP contribution in [-0.2, 0) is 27.8 Å². The highest BCUT2D eigenvalue weighted by atomic mass is 35.5. The predicted molar refractivity (Wildman–Crippen MR) is 122 cm³/mol. The monoisotopic (exact) mass is 475 g/mol. The van der Waals surface area contributed by atoms with Crippen molar-refractivity contribution < 1.29 is 17.9 Å². The Bertz CT molecular complexity index is 1160. The summed E-state index contributed by atoms with van der Waals surface area (Å²) in [6.07, 6.45) is 1.37. The molecular formula is C23H22ClNO4S2. The second kappa shape index (κ2) is 9.53. The minimum absolute atomic E-state index is 0.0620. The lowest BCUT2D eigenvalue weighted by Crippen LogP contribution is -2.54. The molecule has 0 bridgehead atoms. The molecule has 5 nitrogen and oxygen atoms in total. The molecule has 1 aliphatic heterocycles. The Hall–Kier alpha value is -2.19. The number of thiophene rings is 1. The standard InChI is InChI=1S/C23H22ClNO4S2/c24-22-11-12-23(30-22)31(27,28)25-14-13-20(25)21(26)10-9-17-7-4-8-19(15-17)29-16-18-5-2-1-3-6-18/h1-8,11-12,15,20H,9-10,13-14,16H2/t20-/m0/s1. The van der Waals surface area contributed by atoms with E-state index in [1.165, 1.54) is 10.4 Å². The second-order valence-electron chi connectivity index (χ2n) is 7.37. The third-order valence-electron chi connectivity index (χ3n) is 5.26. The van der Waals surface area contributed by atoms with Crippen molar-refractivity contribution in [2.75, 3.05) is 6.54 Å². The lowest BCUT2D eigenvalue weighted by atomic mass is 9.97. The maximum Gasteiger partial charge on any atom is 0.253 e. The van der Waals surface area contributed by atoms with E-state index in [2.05, 4.69) is 0 Å². The number of halogens is 1. The Morgan fingerprint density at radius 1 is 1.06 bits per heavy atom. The van der Waals surface area contributed by atoms with Gasteiger partial charge in [-0.15, -0.1) is 11.3 Å². The van der Waals surface area contributed by atoms with Crippen LogP contribution in [0.1, 0.15) is 24.0 Å². The Labute approximate surface area is 191 Å². The molecule has 4 rings (SSSR count). The molecule has 0 aliphatic carbocycles. The molecule has 0 saturated carbocycles. The third kappa shape index (κ3) is 5.18. The van der Waals surface area contributed by atoms with Crippen LogP contribution in [0.2, 0.25) is 4.34 Å². The molecule has 0 amide bonds. The maximum atomic E-state index is 12.8. The van der Waals surface area contributed by atoms with E-state index in [1.54, 1.807) is 6.07 Å². The molecular weight excluding hydrogens is 454 g/mol. The fourth-order valence-corrected chi connectivity index (χ4v) is 6.76. The number of carbonyl (C=O) groups excluding carboxylic acids is 1. The lowest BCUT2D eigenvalue weighted by molar-refractivity contribution is -0.125. The number of nitrogens with zero attached hydrogens (tertiary/aromatic N) is 1. The van der Waals surface area contributed by atoms with E-state index in [-0.39, 0.29) is 16.4 Å². The fraction of sp³-hybridized carbons (Fsp3) is 0.261. The molecule has 1 saturated heterocycles. The number of ketones is 1. The zero-order valence-electron chi connectivity index (χ0n) is 16.7. The fourth-order valence-electron chi connectivity index (χ4n) is 3.49. The van der Waals surface area contributed by atoms with Gasteiger partial charge in [0.1, 0.15) is 16.6 Å². The molecule has 1 aromatic heterocycles. The van der Waals surface area contributed by atoms with Gasteiger partial charge in [-0.25, -0.2) is 8.42 Å². The van der Waals surface area contributed by atoms with Gasteiger partial charge in [0.05, 0.1) is 10.4 Å². The van der Waals surface area contributed by atoms with Gasteiger partial charge in [0.2, 0.25) is 0 Å². The van der Waals surface area contributed by atoms with Gasteiger partial charge in [0.15, 0.2) is 5.78 Å². The van der Waals surface area contributed by atoms with Crippen LogP contribution in [0.25, 0.3) is 0 Å². The molecule has 162 valence electrons. The van der Waals surface area contributed by atoms with E-state index in [0.29, 0.717) is 30.3 Å². The number of hydrogen-bond donors (Lipinski definition) is 0. The van der Waals surface area contributed by atoms with Crippen LogP contribution in [0.15, 0.2) is 70.9 Å². The molecule has 0 N–H and O–H groups in total. The zero-order chi connectivity index (χ0) is 21.8. The van der Waals surface area contributed by atoms with Crippen LogP contribution in [0.3, 0.4) is 0 Å². The molecule has 1 fully saturated rings. The normalized spacial score (nSPS) is 16.6. The number of aryl methyl sites for hydroxylation is 1. The van der Waals surface area contributed by atoms with E-state index < -0.39 is 16.1 Å². The molecule has 0 unspecified atom stereocenters. The lowest BCUT2D eigenvalue weighted by Gasteiger charge is -2.38. The van der Waals surface area contributed by atoms with Gasteiger partial charge >= 0.3 is 0 Å². The van der Waals surface area contributed by atoms with Gasteiger partial charge in [0, 0.05) is 13.0 Å². The average molecular weight is 476 g/mol. The molecule has 3 aromatic rings. The Kier molecular flexibility index (Phi) is 6.77. The summed E-state index contributed by atoms with van der Waals surface area (Å²) in [4.78, 5) is 12.7. The average Bonchev–Trinajstić information content (AvgIpc) is 3.18. The summed E-state index contributed by atoms with van der Waals surface area (Å²) in [6.45, 7) is 0.835. The number of ether oxygens (including phenoxy) is 1. The minimum Gasteiger partial charge on any atom is -0.489 e. The first-order chi connectivity index (χ1) is 14.9. The highest BCUT2D eigenvalue weighted by molar-refractivity contribution is 7.91. The van der Waals surface area contributed by atoms with Crippen LogP contribution in [-0.4, -0.2) is 31.1 Å². The smallest absolute Gasteiger partial charge is 0.253 e. The third-order valence-corrected chi connectivity index (χ3v) is 8.87. The summed E-state index contributed by atoms with van der Waals surface area (Å²) in [5, 5.41) is 0. The number of rotatable bonds is 9. The summed E-state index contributed by atoms with van der Waals surface area (Å²) in [5.74, 6) is 0.685. The SMILES string of the molecule is O=C(CCc1cccc(OCc2ccccc2)c1)[C@@H]1CCN1S(=O)(=O)c1ccc(Cl)s1. The van der Waals surface area contributed by atoms with Crippen molar-refractivity contribution in [2.24, 2.45) is 0 Å². The number of sulfonamides is 1. The molecule has 8 heteroatoms. The predicted octanol–water partition coefficient (Wildman–Crippen LogP) is 4.95. The Balaban J connectivity index is 1.33. The zero-order valence-corrected chi connectivity index (χ0v) is 19.1. The van der Waals surface area contributed by atoms with Crippen LogP contribution in [0.4, 0.5) is 0 Å². The summed E-state index contributed by atoms with van der Waals surface area (Å²) < 4.78 is 33.2. The minimum atomic E-state index is -3.67. The van der Waals surface area contributed by atoms with Crippen molar-refractivity contribution in [1.82, 2.24) is 4.31 Å². The highest BCUT2D eigenvalue weighted by Gasteiger charge is 2.42. The van der Waals surface area contributed by atoms with E-state index in [4.69, 9.17) is 16.3 Å². The van der Waals surface area contributed by atoms with Crippen molar-refractivity contribution in [1.29, 1.82) is 0 Å². The maximum absolute atomic E-state index is 12.8. The molecule has 2 aromatic carbocycles. The van der Waals surface area contributed by atoms with Crippen molar-refractivity contribution in [2.45, 2.75) is 36.1 Å². The summed E-state index contributed by atoms with van der Waals surface area (Å²) in [6, 6.07) is 20.0. The highest BCUT2D eigenvalue weighted by Crippen LogP contribution is 2.33. The van der Waals surface area contributed by atoms with Crippen LogP contribution in [0, 0.1) is 0 Å². The molecule has 31 heavy (non-hydrogen) atoms. The van der Waals surface area contributed by atoms with E-state index in [1.807, 2.05) is 54.6 Å². The van der Waals surface area contributed by atoms with E-state index in [9.17, 15) is 13.2 Å². The quantitative estimate of drug-likeness (QED) is 0.439. The van der Waals surface area contributed by atoms with Crippen molar-refractivity contribution >= 4 is 38.7 Å². The summed E-state index contributed by atoms with van der Waals surface area (Å²) >= 11 is 6.89. The number of benzene rings is 2. The molecule has 0 radical (unpaired) electrons. The summed E-state index contributed by atoms with van der Waals surface area (Å²) in [5.41, 5.74) is 2.07. The van der Waals surface area contributed by atoms with E-state index in [0.717, 1.165) is 28.2 Å². The second-order valence-corrected chi connectivity index (χ2v) is 11.2. The number of Topliss-reactive ketones (excluding diaryl/α,β-unsaturated/α-hetero) is 1. The van der Waals surface area contributed by atoms with Crippen LogP contribution < -0.4 is 4.74 Å². The van der Waals surface area contributed by atoms with Gasteiger partial charge in [-0.05, 0) is 48.2 Å². The van der Waals surface area contributed by atoms with Crippen molar-refractivity contribution in [3.05, 3.63) is 82.2 Å². The van der Waals surface area contributed by atoms with Gasteiger partial charge < -0.3 is 4.74 Å². The molecule has 2 heterocycles. The van der Waals surface area contributed by atoms with E-state index >= 15 is 0 Å². The first-order valence-electron chi connectivity index (χ1n) is 9.99. The van der Waals surface area contributed by atoms with Crippen LogP contribution >= 0.6 is 22.9 Å². The van der Waals surface area contributed by atoms with Gasteiger partial charge in [-0.3, -0.25) is 4.79 Å². The van der Waals surface area contributed by atoms with Crippen molar-refractivity contribution in [3.63, 3.8) is 0 Å². The Morgan fingerprint density at radius 3 is 2.52 bits per heavy atom.